The highest BCUT2D eigenvalue weighted by Gasteiger charge is 2.15. The van der Waals surface area contributed by atoms with Crippen molar-refractivity contribution in [3.63, 3.8) is 0 Å². The Morgan fingerprint density at radius 3 is 2.24 bits per heavy atom. The highest BCUT2D eigenvalue weighted by molar-refractivity contribution is 5.65. The molecule has 0 unspecified atom stereocenters. The normalized spacial score (nSPS) is 10.9. The second-order valence-corrected chi connectivity index (χ2v) is 5.23. The van der Waals surface area contributed by atoms with Gasteiger partial charge >= 0.3 is 6.61 Å². The molecule has 1 heterocycles. The van der Waals surface area contributed by atoms with Gasteiger partial charge in [-0.1, -0.05) is 6.07 Å². The third kappa shape index (κ3) is 3.52. The van der Waals surface area contributed by atoms with Gasteiger partial charge in [-0.25, -0.2) is 0 Å². The van der Waals surface area contributed by atoms with E-state index in [-0.39, 0.29) is 17.4 Å². The molecule has 0 radical (unpaired) electrons. The number of aromatic nitrogens is 2. The Morgan fingerprint density at radius 1 is 1.00 bits per heavy atom. The number of hydrogen-bond acceptors (Lipinski definition) is 6. The first kappa shape index (κ1) is 16.7. The number of hydrogen-bond donors (Lipinski definition) is 1. The quantitative estimate of drug-likeness (QED) is 0.705. The molecule has 25 heavy (non-hydrogen) atoms. The van der Waals surface area contributed by atoms with Crippen molar-refractivity contribution in [3.8, 4) is 34.4 Å². The number of benzene rings is 2. The van der Waals surface area contributed by atoms with Crippen LogP contribution in [0.25, 0.3) is 22.9 Å². The Labute approximate surface area is 142 Å². The van der Waals surface area contributed by atoms with E-state index in [2.05, 4.69) is 14.9 Å². The number of nitrogen functional groups attached to an aromatic ring is 1. The van der Waals surface area contributed by atoms with Gasteiger partial charge in [0, 0.05) is 16.8 Å². The minimum Gasteiger partial charge on any atom is -0.493 e. The molecule has 3 rings (SSSR count). The molecular formula is C17H15F2N3O3. The summed E-state index contributed by atoms with van der Waals surface area (Å²) in [4.78, 5) is 0. The summed E-state index contributed by atoms with van der Waals surface area (Å²) >= 11 is 0. The zero-order valence-corrected chi connectivity index (χ0v) is 13.5. The van der Waals surface area contributed by atoms with Crippen molar-refractivity contribution in [2.24, 2.45) is 0 Å². The molecule has 0 amide bonds. The number of anilines is 1. The maximum atomic E-state index is 12.4. The molecule has 0 atom stereocenters. The zero-order chi connectivity index (χ0) is 18.0. The molecule has 0 aliphatic carbocycles. The lowest BCUT2D eigenvalue weighted by molar-refractivity contribution is -0.0512. The summed E-state index contributed by atoms with van der Waals surface area (Å²) in [6.07, 6.45) is 0. The summed E-state index contributed by atoms with van der Waals surface area (Å²) in [5, 5.41) is 7.97. The third-order valence-corrected chi connectivity index (χ3v) is 3.58. The summed E-state index contributed by atoms with van der Waals surface area (Å²) in [6, 6.07) is 9.79. The molecule has 2 aromatic carbocycles. The van der Waals surface area contributed by atoms with Crippen molar-refractivity contribution in [2.45, 2.75) is 13.5 Å². The molecule has 0 aliphatic rings. The minimum atomic E-state index is -2.94. The zero-order valence-electron chi connectivity index (χ0n) is 13.5. The lowest BCUT2D eigenvalue weighted by Crippen LogP contribution is -2.03. The number of halogens is 2. The smallest absolute Gasteiger partial charge is 0.387 e. The van der Waals surface area contributed by atoms with E-state index in [1.165, 1.54) is 25.3 Å². The van der Waals surface area contributed by atoms with E-state index >= 15 is 0 Å². The largest absolute Gasteiger partial charge is 0.493 e. The van der Waals surface area contributed by atoms with Crippen LogP contribution in [0.5, 0.6) is 11.5 Å². The summed E-state index contributed by atoms with van der Waals surface area (Å²) < 4.78 is 39.9. The molecular weight excluding hydrogens is 332 g/mol. The van der Waals surface area contributed by atoms with E-state index in [9.17, 15) is 8.78 Å². The predicted octanol–water partition coefficient (Wildman–Crippen LogP) is 3.90. The predicted molar refractivity (Wildman–Crippen MR) is 87.5 cm³/mol. The fourth-order valence-electron chi connectivity index (χ4n) is 2.22. The molecule has 2 N–H and O–H groups in total. The van der Waals surface area contributed by atoms with E-state index < -0.39 is 6.61 Å². The molecule has 0 bridgehead atoms. The van der Waals surface area contributed by atoms with Gasteiger partial charge in [0.1, 0.15) is 0 Å². The van der Waals surface area contributed by atoms with E-state index in [0.29, 0.717) is 22.7 Å². The topological polar surface area (TPSA) is 83.4 Å². The molecule has 0 saturated carbocycles. The molecule has 130 valence electrons. The monoisotopic (exact) mass is 347 g/mol. The van der Waals surface area contributed by atoms with Crippen LogP contribution in [0.3, 0.4) is 0 Å². The molecule has 0 spiro atoms. The molecule has 3 aromatic rings. The number of aryl methyl sites for hydroxylation is 1. The number of nitrogens with zero attached hydrogens (tertiary/aromatic N) is 2. The van der Waals surface area contributed by atoms with Gasteiger partial charge < -0.3 is 19.6 Å². The van der Waals surface area contributed by atoms with Crippen molar-refractivity contribution in [1.29, 1.82) is 0 Å². The highest BCUT2D eigenvalue weighted by Crippen LogP contribution is 2.34. The fraction of sp³-hybridized carbons (Fsp3) is 0.176. The number of rotatable bonds is 5. The van der Waals surface area contributed by atoms with E-state index in [0.717, 1.165) is 5.56 Å². The Hall–Kier alpha value is -3.16. The number of methoxy groups -OCH3 is 1. The van der Waals surface area contributed by atoms with Gasteiger partial charge in [-0.05, 0) is 42.8 Å². The average molecular weight is 347 g/mol. The molecule has 0 aliphatic heterocycles. The first-order valence-electron chi connectivity index (χ1n) is 7.31. The average Bonchev–Trinajstić information content (AvgIpc) is 3.07. The van der Waals surface area contributed by atoms with Crippen LogP contribution in [0.2, 0.25) is 0 Å². The van der Waals surface area contributed by atoms with E-state index in [1.54, 1.807) is 6.07 Å². The Bertz CT molecular complexity index is 897. The van der Waals surface area contributed by atoms with Crippen LogP contribution in [-0.2, 0) is 0 Å². The van der Waals surface area contributed by atoms with Gasteiger partial charge in [0.25, 0.3) is 0 Å². The van der Waals surface area contributed by atoms with Gasteiger partial charge in [0.2, 0.25) is 11.8 Å². The molecule has 1 aromatic heterocycles. The summed E-state index contributed by atoms with van der Waals surface area (Å²) in [7, 11) is 1.35. The van der Waals surface area contributed by atoms with Crippen molar-refractivity contribution in [2.75, 3.05) is 12.8 Å². The molecule has 8 heteroatoms. The van der Waals surface area contributed by atoms with Crippen LogP contribution in [0.15, 0.2) is 40.8 Å². The molecule has 6 nitrogen and oxygen atoms in total. The van der Waals surface area contributed by atoms with Gasteiger partial charge in [0.05, 0.1) is 7.11 Å². The van der Waals surface area contributed by atoms with E-state index in [4.69, 9.17) is 14.9 Å². The summed E-state index contributed by atoms with van der Waals surface area (Å²) in [5.41, 5.74) is 8.65. The number of alkyl halides is 2. The van der Waals surface area contributed by atoms with Crippen LogP contribution in [0.4, 0.5) is 14.5 Å². The Balaban J connectivity index is 1.92. The van der Waals surface area contributed by atoms with Crippen molar-refractivity contribution < 1.29 is 22.7 Å². The highest BCUT2D eigenvalue weighted by atomic mass is 19.3. The van der Waals surface area contributed by atoms with Crippen molar-refractivity contribution in [1.82, 2.24) is 10.2 Å². The van der Waals surface area contributed by atoms with Crippen LogP contribution in [-0.4, -0.2) is 23.9 Å². The minimum absolute atomic E-state index is 0.0766. The maximum Gasteiger partial charge on any atom is 0.387 e. The van der Waals surface area contributed by atoms with Crippen molar-refractivity contribution in [3.05, 3.63) is 42.0 Å². The molecule has 0 fully saturated rings. The van der Waals surface area contributed by atoms with Crippen molar-refractivity contribution >= 4 is 5.69 Å². The molecule has 0 saturated heterocycles. The first-order chi connectivity index (χ1) is 12.0. The van der Waals surface area contributed by atoms with Crippen LogP contribution >= 0.6 is 0 Å². The van der Waals surface area contributed by atoms with E-state index in [1.807, 2.05) is 19.1 Å². The first-order valence-corrected chi connectivity index (χ1v) is 7.31. The third-order valence-electron chi connectivity index (χ3n) is 3.58. The maximum absolute atomic E-state index is 12.4. The lowest BCUT2D eigenvalue weighted by Gasteiger charge is -2.10. The van der Waals surface area contributed by atoms with Gasteiger partial charge in [-0.2, -0.15) is 8.78 Å². The summed E-state index contributed by atoms with van der Waals surface area (Å²) in [6.45, 7) is -1.05. The lowest BCUT2D eigenvalue weighted by atomic mass is 10.1. The van der Waals surface area contributed by atoms with Crippen LogP contribution in [0.1, 0.15) is 5.56 Å². The fourth-order valence-corrected chi connectivity index (χ4v) is 2.22. The van der Waals surface area contributed by atoms with Gasteiger partial charge in [0.15, 0.2) is 11.5 Å². The standard InChI is InChI=1S/C17H15F2N3O3/c1-9-3-4-10(7-12(9)20)15-21-22-16(25-15)11-5-6-13(24-17(18)19)14(8-11)23-2/h3-8,17H,20H2,1-2H3. The van der Waals surface area contributed by atoms with Crippen LogP contribution in [0, 0.1) is 6.92 Å². The Kier molecular flexibility index (Phi) is 4.51. The SMILES string of the molecule is COc1cc(-c2nnc(-c3ccc(C)c(N)c3)o2)ccc1OC(F)F. The second-order valence-electron chi connectivity index (χ2n) is 5.23. The van der Waals surface area contributed by atoms with Gasteiger partial charge in [-0.15, -0.1) is 10.2 Å². The second kappa shape index (κ2) is 6.76. The van der Waals surface area contributed by atoms with Gasteiger partial charge in [-0.3, -0.25) is 0 Å². The number of ether oxygens (including phenoxy) is 2. The number of nitrogens with two attached hydrogens (primary N) is 1. The Morgan fingerprint density at radius 2 is 1.64 bits per heavy atom. The van der Waals surface area contributed by atoms with Crippen LogP contribution < -0.4 is 15.2 Å². The summed E-state index contributed by atoms with van der Waals surface area (Å²) in [5.74, 6) is 0.578.